The van der Waals surface area contributed by atoms with Crippen molar-refractivity contribution in [1.29, 1.82) is 0 Å². The van der Waals surface area contributed by atoms with Crippen LogP contribution in [0.25, 0.3) is 76.5 Å². The van der Waals surface area contributed by atoms with Gasteiger partial charge in [0.1, 0.15) is 0 Å². The van der Waals surface area contributed by atoms with Crippen LogP contribution in [0.5, 0.6) is 0 Å². The average Bonchev–Trinajstić information content (AvgIpc) is 3.29. The van der Waals surface area contributed by atoms with Gasteiger partial charge in [0.05, 0.1) is 0 Å². The summed E-state index contributed by atoms with van der Waals surface area (Å²) < 4.78 is 0. The van der Waals surface area contributed by atoms with E-state index >= 15 is 0 Å². The summed E-state index contributed by atoms with van der Waals surface area (Å²) in [5.74, 6) is 0. The third-order valence-electron chi connectivity index (χ3n) is 9.82. The van der Waals surface area contributed by atoms with E-state index in [9.17, 15) is 0 Å². The Bertz CT molecular complexity index is 2420. The quantitative estimate of drug-likeness (QED) is 0.149. The van der Waals surface area contributed by atoms with Crippen LogP contribution < -0.4 is 0 Å². The Balaban J connectivity index is 1.25. The largest absolute Gasteiger partial charge is 0.0616 e. The standard InChI is InChI=1S/C43H30/c1-43(2)39-23-20-28-11-4-7-16-34(28)42(39)37-22-19-30(26-40(37)43)29-13-9-14-32(24-29)41-35-17-8-5-12-31(35)25-38-33-15-6-3-10-27(33)18-21-36(38)41/h3-26H,1-2H3. The number of hydrogen-bond acceptors (Lipinski definition) is 0. The van der Waals surface area contributed by atoms with Gasteiger partial charge in [-0.1, -0.05) is 141 Å². The van der Waals surface area contributed by atoms with Crippen LogP contribution in [0.4, 0.5) is 0 Å². The number of fused-ring (bicyclic) bond motifs is 9. The number of benzene rings is 8. The average molecular weight is 547 g/mol. The Morgan fingerprint density at radius 1 is 0.349 bits per heavy atom. The van der Waals surface area contributed by atoms with Crippen LogP contribution in [0.15, 0.2) is 146 Å². The van der Waals surface area contributed by atoms with Crippen LogP contribution in [-0.2, 0) is 5.41 Å². The zero-order chi connectivity index (χ0) is 28.7. The molecule has 0 heteroatoms. The van der Waals surface area contributed by atoms with Gasteiger partial charge >= 0.3 is 0 Å². The first kappa shape index (κ1) is 24.4. The van der Waals surface area contributed by atoms with Crippen molar-refractivity contribution in [2.24, 2.45) is 0 Å². The molecule has 0 nitrogen and oxygen atoms in total. The van der Waals surface area contributed by atoms with Crippen LogP contribution in [0.2, 0.25) is 0 Å². The van der Waals surface area contributed by atoms with E-state index in [0.717, 1.165) is 0 Å². The second-order valence-electron chi connectivity index (χ2n) is 12.5. The third kappa shape index (κ3) is 3.50. The Morgan fingerprint density at radius 2 is 0.977 bits per heavy atom. The smallest absolute Gasteiger partial charge is 0.0159 e. The normalized spacial score (nSPS) is 13.5. The predicted octanol–water partition coefficient (Wildman–Crippen LogP) is 11.9. The minimum absolute atomic E-state index is 0.0603. The van der Waals surface area contributed by atoms with Gasteiger partial charge in [-0.25, -0.2) is 0 Å². The van der Waals surface area contributed by atoms with Crippen molar-refractivity contribution in [2.45, 2.75) is 19.3 Å². The molecule has 1 aliphatic rings. The highest BCUT2D eigenvalue weighted by Gasteiger charge is 2.36. The van der Waals surface area contributed by atoms with Crippen LogP contribution >= 0.6 is 0 Å². The monoisotopic (exact) mass is 546 g/mol. The van der Waals surface area contributed by atoms with Gasteiger partial charge in [0, 0.05) is 5.41 Å². The van der Waals surface area contributed by atoms with Crippen molar-refractivity contribution in [3.8, 4) is 33.4 Å². The molecule has 0 bridgehead atoms. The predicted molar refractivity (Wildman–Crippen MR) is 185 cm³/mol. The molecule has 0 amide bonds. The Hall–Kier alpha value is -5.20. The van der Waals surface area contributed by atoms with Crippen molar-refractivity contribution in [2.75, 3.05) is 0 Å². The Morgan fingerprint density at radius 3 is 1.79 bits per heavy atom. The second kappa shape index (κ2) is 8.90. The molecule has 0 atom stereocenters. The molecule has 8 aromatic carbocycles. The van der Waals surface area contributed by atoms with Gasteiger partial charge in [0.15, 0.2) is 0 Å². The van der Waals surface area contributed by atoms with Crippen LogP contribution in [0.3, 0.4) is 0 Å². The van der Waals surface area contributed by atoms with E-state index in [-0.39, 0.29) is 5.41 Å². The molecule has 0 unspecified atom stereocenters. The maximum absolute atomic E-state index is 2.44. The fourth-order valence-corrected chi connectivity index (χ4v) is 7.67. The number of hydrogen-bond donors (Lipinski definition) is 0. The molecule has 0 fully saturated rings. The lowest BCUT2D eigenvalue weighted by atomic mass is 9.81. The fourth-order valence-electron chi connectivity index (χ4n) is 7.67. The van der Waals surface area contributed by atoms with Gasteiger partial charge in [-0.15, -0.1) is 0 Å². The first-order valence-electron chi connectivity index (χ1n) is 15.2. The minimum Gasteiger partial charge on any atom is -0.0616 e. The Labute approximate surface area is 251 Å². The first-order valence-corrected chi connectivity index (χ1v) is 15.2. The molecule has 0 aromatic heterocycles. The molecule has 43 heavy (non-hydrogen) atoms. The summed E-state index contributed by atoms with van der Waals surface area (Å²) in [6.07, 6.45) is 0. The van der Waals surface area contributed by atoms with Gasteiger partial charge in [0.2, 0.25) is 0 Å². The van der Waals surface area contributed by atoms with E-state index in [2.05, 4.69) is 159 Å². The van der Waals surface area contributed by atoms with Crippen molar-refractivity contribution in [3.63, 3.8) is 0 Å². The molecule has 0 saturated carbocycles. The maximum Gasteiger partial charge on any atom is 0.0159 e. The maximum atomic E-state index is 2.44. The highest BCUT2D eigenvalue weighted by atomic mass is 14.4. The first-order chi connectivity index (χ1) is 21.1. The molecular weight excluding hydrogens is 516 g/mol. The molecule has 1 aliphatic carbocycles. The van der Waals surface area contributed by atoms with Gasteiger partial charge < -0.3 is 0 Å². The lowest BCUT2D eigenvalue weighted by molar-refractivity contribution is 0.661. The van der Waals surface area contributed by atoms with E-state index in [1.165, 1.54) is 87.6 Å². The molecule has 8 aromatic rings. The van der Waals surface area contributed by atoms with Crippen LogP contribution in [0.1, 0.15) is 25.0 Å². The van der Waals surface area contributed by atoms with Crippen molar-refractivity contribution in [1.82, 2.24) is 0 Å². The molecular formula is C43H30. The zero-order valence-corrected chi connectivity index (χ0v) is 24.4. The molecule has 0 spiro atoms. The van der Waals surface area contributed by atoms with Gasteiger partial charge in [-0.2, -0.15) is 0 Å². The second-order valence-corrected chi connectivity index (χ2v) is 12.5. The molecule has 0 radical (unpaired) electrons. The van der Waals surface area contributed by atoms with Gasteiger partial charge in [-0.05, 0) is 106 Å². The lowest BCUT2D eigenvalue weighted by Gasteiger charge is -2.22. The summed E-state index contributed by atoms with van der Waals surface area (Å²) in [5.41, 5.74) is 10.6. The summed E-state index contributed by atoms with van der Waals surface area (Å²) in [6, 6.07) is 54.2. The Kier molecular flexibility index (Phi) is 5.05. The topological polar surface area (TPSA) is 0 Å². The molecule has 0 aliphatic heterocycles. The summed E-state index contributed by atoms with van der Waals surface area (Å²) >= 11 is 0. The summed E-state index contributed by atoms with van der Waals surface area (Å²) in [7, 11) is 0. The van der Waals surface area contributed by atoms with E-state index in [1.54, 1.807) is 0 Å². The summed E-state index contributed by atoms with van der Waals surface area (Å²) in [6.45, 7) is 4.75. The van der Waals surface area contributed by atoms with Crippen LogP contribution in [-0.4, -0.2) is 0 Å². The summed E-state index contributed by atoms with van der Waals surface area (Å²) in [5, 5.41) is 10.4. The van der Waals surface area contributed by atoms with E-state index in [0.29, 0.717) is 0 Å². The zero-order valence-electron chi connectivity index (χ0n) is 24.4. The third-order valence-corrected chi connectivity index (χ3v) is 9.82. The highest BCUT2D eigenvalue weighted by Crippen LogP contribution is 2.52. The molecule has 0 saturated heterocycles. The van der Waals surface area contributed by atoms with Crippen molar-refractivity contribution in [3.05, 3.63) is 157 Å². The fraction of sp³-hybridized carbons (Fsp3) is 0.0698. The van der Waals surface area contributed by atoms with E-state index < -0.39 is 0 Å². The lowest BCUT2D eigenvalue weighted by Crippen LogP contribution is -2.15. The van der Waals surface area contributed by atoms with E-state index in [4.69, 9.17) is 0 Å². The molecule has 0 heterocycles. The summed E-state index contributed by atoms with van der Waals surface area (Å²) in [4.78, 5) is 0. The van der Waals surface area contributed by atoms with Gasteiger partial charge in [-0.3, -0.25) is 0 Å². The number of rotatable bonds is 2. The highest BCUT2D eigenvalue weighted by molar-refractivity contribution is 6.20. The minimum atomic E-state index is -0.0603. The van der Waals surface area contributed by atoms with E-state index in [1.807, 2.05) is 0 Å². The molecule has 0 N–H and O–H groups in total. The molecule has 202 valence electrons. The SMILES string of the molecule is CC1(C)c2cc(-c3cccc(-c4c5ccccc5cc5c4ccc4ccccc45)c3)ccc2-c2c1ccc1ccccc21. The van der Waals surface area contributed by atoms with Crippen LogP contribution in [0, 0.1) is 0 Å². The van der Waals surface area contributed by atoms with Gasteiger partial charge in [0.25, 0.3) is 0 Å². The molecule has 9 rings (SSSR count). The van der Waals surface area contributed by atoms with Crippen molar-refractivity contribution >= 4 is 43.1 Å². The van der Waals surface area contributed by atoms with Crippen molar-refractivity contribution < 1.29 is 0 Å².